The molecule has 1 saturated heterocycles. The zero-order valence-electron chi connectivity index (χ0n) is 7.83. The minimum Gasteiger partial charge on any atom is -0.368 e. The lowest BCUT2D eigenvalue weighted by atomic mass is 9.98. The molecule has 2 unspecified atom stereocenters. The van der Waals surface area contributed by atoms with Gasteiger partial charge >= 0.3 is 0 Å². The third kappa shape index (κ3) is 1.62. The number of hydrogen-bond donors (Lipinski definition) is 2. The zero-order chi connectivity index (χ0) is 9.14. The van der Waals surface area contributed by atoms with Crippen LogP contribution in [0.15, 0.2) is 5.10 Å². The number of rotatable bonds is 0. The van der Waals surface area contributed by atoms with Gasteiger partial charge in [-0.3, -0.25) is 0 Å². The molecule has 2 atom stereocenters. The van der Waals surface area contributed by atoms with Crippen LogP contribution in [0.1, 0.15) is 33.1 Å². The van der Waals surface area contributed by atoms with E-state index >= 15 is 0 Å². The quantitative estimate of drug-likeness (QED) is 0.240. The van der Waals surface area contributed by atoms with Gasteiger partial charge in [0, 0.05) is 12.1 Å². The minimum atomic E-state index is 0.467. The molecule has 0 spiro atoms. The first-order chi connectivity index (χ1) is 5.66. The molecule has 1 heterocycles. The molecule has 4 heteroatoms. The van der Waals surface area contributed by atoms with Crippen LogP contribution < -0.4 is 11.6 Å². The fourth-order valence-electron chi connectivity index (χ4n) is 1.94. The maximum atomic E-state index is 5.68. The summed E-state index contributed by atoms with van der Waals surface area (Å²) in [5.41, 5.74) is 5.68. The van der Waals surface area contributed by atoms with Crippen LogP contribution >= 0.6 is 0 Å². The highest BCUT2D eigenvalue weighted by atomic mass is 15.3. The number of hydrazone groups is 1. The first kappa shape index (κ1) is 9.16. The summed E-state index contributed by atoms with van der Waals surface area (Å²) in [6.45, 7) is 4.32. The monoisotopic (exact) mass is 170 g/mol. The lowest BCUT2D eigenvalue weighted by molar-refractivity contribution is 0.189. The Morgan fingerprint density at radius 2 is 1.83 bits per heavy atom. The van der Waals surface area contributed by atoms with Gasteiger partial charge in [0.1, 0.15) is 0 Å². The van der Waals surface area contributed by atoms with Gasteiger partial charge in [-0.1, -0.05) is 0 Å². The van der Waals surface area contributed by atoms with Crippen LogP contribution in [0.2, 0.25) is 0 Å². The molecule has 0 bridgehead atoms. The Bertz CT molecular complexity index is 168. The molecule has 12 heavy (non-hydrogen) atoms. The molecule has 0 aromatic carbocycles. The maximum Gasteiger partial charge on any atom is 0.213 e. The van der Waals surface area contributed by atoms with Crippen LogP contribution in [0.5, 0.6) is 0 Å². The molecule has 0 aliphatic carbocycles. The van der Waals surface area contributed by atoms with Crippen LogP contribution in [0.4, 0.5) is 0 Å². The highest BCUT2D eigenvalue weighted by molar-refractivity contribution is 5.78. The topological polar surface area (TPSA) is 67.6 Å². The van der Waals surface area contributed by atoms with Gasteiger partial charge < -0.3 is 16.5 Å². The Kier molecular flexibility index (Phi) is 2.78. The van der Waals surface area contributed by atoms with Crippen molar-refractivity contribution in [2.45, 2.75) is 45.2 Å². The first-order valence-electron chi connectivity index (χ1n) is 4.48. The smallest absolute Gasteiger partial charge is 0.213 e. The van der Waals surface area contributed by atoms with Crippen molar-refractivity contribution in [3.05, 3.63) is 0 Å². The van der Waals surface area contributed by atoms with Crippen LogP contribution in [-0.4, -0.2) is 22.9 Å². The summed E-state index contributed by atoms with van der Waals surface area (Å²) in [4.78, 5) is 2.10. The van der Waals surface area contributed by atoms with E-state index in [2.05, 4.69) is 23.8 Å². The van der Waals surface area contributed by atoms with E-state index in [4.69, 9.17) is 11.6 Å². The Balaban J connectivity index is 2.69. The van der Waals surface area contributed by atoms with E-state index in [9.17, 15) is 0 Å². The van der Waals surface area contributed by atoms with Crippen molar-refractivity contribution in [3.8, 4) is 0 Å². The van der Waals surface area contributed by atoms with Crippen molar-refractivity contribution in [1.29, 1.82) is 0 Å². The standard InChI is InChI=1S/C8H18N4/c1-6-4-3-5-7(2)12(6)8(9)11-10/h6-7H,3-5,10H2,1-2H3,(H2,9,11). The van der Waals surface area contributed by atoms with Crippen molar-refractivity contribution in [2.75, 3.05) is 0 Å². The molecule has 0 aromatic rings. The highest BCUT2D eigenvalue weighted by Crippen LogP contribution is 2.21. The molecule has 1 fully saturated rings. The lowest BCUT2D eigenvalue weighted by Crippen LogP contribution is -2.51. The molecule has 0 saturated carbocycles. The molecule has 70 valence electrons. The summed E-state index contributed by atoms with van der Waals surface area (Å²) in [5, 5.41) is 3.53. The van der Waals surface area contributed by atoms with Crippen LogP contribution in [-0.2, 0) is 0 Å². The lowest BCUT2D eigenvalue weighted by Gasteiger charge is -2.39. The Labute approximate surface area is 73.6 Å². The summed E-state index contributed by atoms with van der Waals surface area (Å²) < 4.78 is 0. The predicted octanol–water partition coefficient (Wildman–Crippen LogP) is 0.438. The second-order valence-electron chi connectivity index (χ2n) is 3.52. The fourth-order valence-corrected chi connectivity index (χ4v) is 1.94. The summed E-state index contributed by atoms with van der Waals surface area (Å²) in [6, 6.07) is 0.946. The molecule has 1 aliphatic heterocycles. The average Bonchev–Trinajstić information content (AvgIpc) is 2.03. The largest absolute Gasteiger partial charge is 0.368 e. The normalized spacial score (nSPS) is 32.2. The van der Waals surface area contributed by atoms with E-state index in [1.807, 2.05) is 0 Å². The van der Waals surface area contributed by atoms with E-state index < -0.39 is 0 Å². The second-order valence-corrected chi connectivity index (χ2v) is 3.52. The molecule has 0 radical (unpaired) electrons. The molecule has 0 aromatic heterocycles. The number of piperidine rings is 1. The van der Waals surface area contributed by atoms with Crippen molar-refractivity contribution in [2.24, 2.45) is 16.7 Å². The zero-order valence-corrected chi connectivity index (χ0v) is 7.83. The second kappa shape index (κ2) is 3.65. The third-order valence-electron chi connectivity index (χ3n) is 2.59. The summed E-state index contributed by atoms with van der Waals surface area (Å²) in [6.07, 6.45) is 3.64. The molecule has 4 nitrogen and oxygen atoms in total. The maximum absolute atomic E-state index is 5.68. The summed E-state index contributed by atoms with van der Waals surface area (Å²) in [7, 11) is 0. The van der Waals surface area contributed by atoms with Crippen molar-refractivity contribution < 1.29 is 0 Å². The van der Waals surface area contributed by atoms with Gasteiger partial charge in [-0.2, -0.15) is 0 Å². The minimum absolute atomic E-state index is 0.467. The number of guanidine groups is 1. The van der Waals surface area contributed by atoms with Crippen molar-refractivity contribution in [3.63, 3.8) is 0 Å². The van der Waals surface area contributed by atoms with Crippen molar-refractivity contribution in [1.82, 2.24) is 4.90 Å². The average molecular weight is 170 g/mol. The van der Waals surface area contributed by atoms with Crippen LogP contribution in [0.25, 0.3) is 0 Å². The molecule has 1 rings (SSSR count). The third-order valence-corrected chi connectivity index (χ3v) is 2.59. The van der Waals surface area contributed by atoms with Crippen LogP contribution in [0.3, 0.4) is 0 Å². The Hall–Kier alpha value is -0.930. The van der Waals surface area contributed by atoms with Gasteiger partial charge in [0.15, 0.2) is 0 Å². The predicted molar refractivity (Wildman–Crippen MR) is 50.4 cm³/mol. The van der Waals surface area contributed by atoms with Gasteiger partial charge in [-0.15, -0.1) is 5.10 Å². The Morgan fingerprint density at radius 3 is 2.25 bits per heavy atom. The van der Waals surface area contributed by atoms with E-state index in [0.29, 0.717) is 18.0 Å². The van der Waals surface area contributed by atoms with Gasteiger partial charge in [0.05, 0.1) is 0 Å². The fraction of sp³-hybridized carbons (Fsp3) is 0.875. The van der Waals surface area contributed by atoms with E-state index in [0.717, 1.165) is 0 Å². The first-order valence-corrected chi connectivity index (χ1v) is 4.48. The number of hydrogen-bond acceptors (Lipinski definition) is 2. The number of nitrogens with zero attached hydrogens (tertiary/aromatic N) is 2. The molecule has 1 aliphatic rings. The summed E-state index contributed by atoms with van der Waals surface area (Å²) >= 11 is 0. The van der Waals surface area contributed by atoms with Crippen molar-refractivity contribution >= 4 is 5.96 Å². The van der Waals surface area contributed by atoms with E-state index in [1.54, 1.807) is 0 Å². The molecular weight excluding hydrogens is 152 g/mol. The molecular formula is C8H18N4. The SMILES string of the molecule is CC1CCCC(C)N1C(N)=NN. The van der Waals surface area contributed by atoms with Crippen LogP contribution in [0, 0.1) is 0 Å². The van der Waals surface area contributed by atoms with E-state index in [1.165, 1.54) is 19.3 Å². The van der Waals surface area contributed by atoms with Gasteiger partial charge in [-0.05, 0) is 33.1 Å². The van der Waals surface area contributed by atoms with E-state index in [-0.39, 0.29) is 0 Å². The Morgan fingerprint density at radius 1 is 1.33 bits per heavy atom. The molecule has 4 N–H and O–H groups in total. The summed E-state index contributed by atoms with van der Waals surface area (Å²) in [5.74, 6) is 5.62. The number of likely N-dealkylation sites (tertiary alicyclic amines) is 1. The van der Waals surface area contributed by atoms with Gasteiger partial charge in [0.25, 0.3) is 0 Å². The molecule has 0 amide bonds. The highest BCUT2D eigenvalue weighted by Gasteiger charge is 2.25. The van der Waals surface area contributed by atoms with Gasteiger partial charge in [0.2, 0.25) is 5.96 Å². The number of nitrogens with two attached hydrogens (primary N) is 2. The van der Waals surface area contributed by atoms with Gasteiger partial charge in [-0.25, -0.2) is 0 Å².